The lowest BCUT2D eigenvalue weighted by atomic mass is 10.1. The molecule has 0 radical (unpaired) electrons. The fraction of sp³-hybridized carbons (Fsp3) is 0.167. The Morgan fingerprint density at radius 2 is 1.90 bits per heavy atom. The van der Waals surface area contributed by atoms with Crippen LogP contribution in [0.25, 0.3) is 0 Å². The number of amides is 1. The Morgan fingerprint density at radius 1 is 1.13 bits per heavy atom. The zero-order chi connectivity index (χ0) is 22.2. The van der Waals surface area contributed by atoms with E-state index in [1.54, 1.807) is 12.3 Å². The Kier molecular flexibility index (Phi) is 8.48. The molecule has 3 aromatic carbocycles. The molecule has 0 aromatic heterocycles. The van der Waals surface area contributed by atoms with Crippen LogP contribution < -0.4 is 14.9 Å². The fourth-order valence-electron chi connectivity index (χ4n) is 2.82. The number of rotatable bonds is 8. The topological polar surface area (TPSA) is 59.9 Å². The maximum Gasteiger partial charge on any atom is 0.271 e. The number of hydrogen-bond acceptors (Lipinski definition) is 4. The summed E-state index contributed by atoms with van der Waals surface area (Å²) in [6.45, 7) is 4.81. The third kappa shape index (κ3) is 6.80. The second-order valence-electron chi connectivity index (χ2n) is 6.75. The lowest BCUT2D eigenvalue weighted by Gasteiger charge is -2.15. The highest BCUT2D eigenvalue weighted by Gasteiger charge is 2.12. The van der Waals surface area contributed by atoms with Crippen molar-refractivity contribution >= 4 is 50.6 Å². The quantitative estimate of drug-likeness (QED) is 0.195. The molecule has 31 heavy (non-hydrogen) atoms. The highest BCUT2D eigenvalue weighted by Crippen LogP contribution is 2.34. The SMILES string of the molecule is CCOc1cc(/C=N/NC(=O)c2cccc(C)c2)cc(I)c1OCc1ccc(Br)cc1. The average molecular weight is 593 g/mol. The standard InChI is InChI=1S/C24H22BrIN2O3/c1-3-30-22-13-18(14-27-28-24(29)19-6-4-5-16(2)11-19)12-21(26)23(22)31-15-17-7-9-20(25)10-8-17/h4-14H,3,15H2,1-2H3,(H,28,29)/b27-14+. The Balaban J connectivity index is 1.72. The van der Waals surface area contributed by atoms with E-state index in [2.05, 4.69) is 49.0 Å². The number of hydrazone groups is 1. The molecule has 0 unspecified atom stereocenters. The molecule has 7 heteroatoms. The van der Waals surface area contributed by atoms with Crippen LogP contribution in [0.1, 0.15) is 34.0 Å². The Hall–Kier alpha value is -2.39. The summed E-state index contributed by atoms with van der Waals surface area (Å²) in [6, 6.07) is 19.1. The van der Waals surface area contributed by atoms with Crippen molar-refractivity contribution in [1.82, 2.24) is 5.43 Å². The summed E-state index contributed by atoms with van der Waals surface area (Å²) < 4.78 is 13.8. The highest BCUT2D eigenvalue weighted by molar-refractivity contribution is 14.1. The van der Waals surface area contributed by atoms with E-state index >= 15 is 0 Å². The van der Waals surface area contributed by atoms with Crippen molar-refractivity contribution in [2.24, 2.45) is 5.10 Å². The van der Waals surface area contributed by atoms with Gasteiger partial charge in [0.2, 0.25) is 0 Å². The number of nitrogens with one attached hydrogen (secondary N) is 1. The summed E-state index contributed by atoms with van der Waals surface area (Å²) in [5.41, 5.74) is 6.01. The van der Waals surface area contributed by atoms with Gasteiger partial charge in [-0.05, 0) is 84.0 Å². The van der Waals surface area contributed by atoms with Gasteiger partial charge in [-0.15, -0.1) is 0 Å². The lowest BCUT2D eigenvalue weighted by Crippen LogP contribution is -2.17. The Morgan fingerprint density at radius 3 is 2.61 bits per heavy atom. The summed E-state index contributed by atoms with van der Waals surface area (Å²) >= 11 is 5.65. The largest absolute Gasteiger partial charge is 0.490 e. The van der Waals surface area contributed by atoms with Crippen LogP contribution in [0.5, 0.6) is 11.5 Å². The summed E-state index contributed by atoms with van der Waals surface area (Å²) in [6.07, 6.45) is 1.59. The maximum atomic E-state index is 12.2. The van der Waals surface area contributed by atoms with Crippen molar-refractivity contribution < 1.29 is 14.3 Å². The van der Waals surface area contributed by atoms with Gasteiger partial charge < -0.3 is 9.47 Å². The van der Waals surface area contributed by atoms with Gasteiger partial charge in [0, 0.05) is 10.0 Å². The number of nitrogens with zero attached hydrogens (tertiary/aromatic N) is 1. The number of carbonyl (C=O) groups is 1. The van der Waals surface area contributed by atoms with Crippen LogP contribution in [-0.2, 0) is 6.61 Å². The van der Waals surface area contributed by atoms with Gasteiger partial charge >= 0.3 is 0 Å². The first kappa shape index (κ1) is 23.3. The number of benzene rings is 3. The molecule has 0 heterocycles. The second kappa shape index (κ2) is 11.3. The molecule has 0 fully saturated rings. The monoisotopic (exact) mass is 592 g/mol. The molecule has 5 nitrogen and oxygen atoms in total. The van der Waals surface area contributed by atoms with Gasteiger partial charge in [-0.2, -0.15) is 5.10 Å². The van der Waals surface area contributed by atoms with Crippen LogP contribution in [0.3, 0.4) is 0 Å². The molecule has 0 aliphatic heterocycles. The predicted molar refractivity (Wildman–Crippen MR) is 135 cm³/mol. The van der Waals surface area contributed by atoms with Crippen LogP contribution in [0.4, 0.5) is 0 Å². The zero-order valence-corrected chi connectivity index (χ0v) is 20.9. The van der Waals surface area contributed by atoms with Gasteiger partial charge in [0.1, 0.15) is 6.61 Å². The number of ether oxygens (including phenoxy) is 2. The average Bonchev–Trinajstić information content (AvgIpc) is 2.74. The zero-order valence-electron chi connectivity index (χ0n) is 17.2. The number of carbonyl (C=O) groups excluding carboxylic acids is 1. The van der Waals surface area contributed by atoms with Crippen LogP contribution in [0.15, 0.2) is 70.2 Å². The smallest absolute Gasteiger partial charge is 0.271 e. The predicted octanol–water partition coefficient (Wildman–Crippen LogP) is 6.10. The normalized spacial score (nSPS) is 10.8. The minimum Gasteiger partial charge on any atom is -0.490 e. The van der Waals surface area contributed by atoms with E-state index in [9.17, 15) is 4.79 Å². The Bertz CT molecular complexity index is 1080. The molecule has 0 saturated heterocycles. The molecule has 160 valence electrons. The van der Waals surface area contributed by atoms with Gasteiger partial charge in [0.15, 0.2) is 11.5 Å². The van der Waals surface area contributed by atoms with E-state index in [-0.39, 0.29) is 5.91 Å². The first-order chi connectivity index (χ1) is 15.0. The van der Waals surface area contributed by atoms with E-state index in [4.69, 9.17) is 9.47 Å². The van der Waals surface area contributed by atoms with E-state index in [0.29, 0.717) is 30.3 Å². The first-order valence-electron chi connectivity index (χ1n) is 9.70. The van der Waals surface area contributed by atoms with Crippen LogP contribution in [0.2, 0.25) is 0 Å². The molecule has 0 saturated carbocycles. The van der Waals surface area contributed by atoms with Crippen molar-refractivity contribution in [3.8, 4) is 11.5 Å². The molecular weight excluding hydrogens is 571 g/mol. The third-order valence-electron chi connectivity index (χ3n) is 4.29. The molecule has 0 aliphatic carbocycles. The van der Waals surface area contributed by atoms with E-state index in [1.165, 1.54) is 0 Å². The molecule has 0 spiro atoms. The van der Waals surface area contributed by atoms with E-state index in [0.717, 1.165) is 24.7 Å². The summed E-state index contributed by atoms with van der Waals surface area (Å²) in [5.74, 6) is 1.07. The van der Waals surface area contributed by atoms with Crippen LogP contribution in [0, 0.1) is 10.5 Å². The molecule has 3 rings (SSSR count). The molecular formula is C24H22BrIN2O3. The van der Waals surface area contributed by atoms with Crippen molar-refractivity contribution in [3.63, 3.8) is 0 Å². The molecule has 0 atom stereocenters. The minimum absolute atomic E-state index is 0.255. The molecule has 0 bridgehead atoms. The van der Waals surface area contributed by atoms with E-state index < -0.39 is 0 Å². The second-order valence-corrected chi connectivity index (χ2v) is 8.82. The molecule has 1 N–H and O–H groups in total. The maximum absolute atomic E-state index is 12.2. The molecule has 1 amide bonds. The van der Waals surface area contributed by atoms with Crippen LogP contribution >= 0.6 is 38.5 Å². The van der Waals surface area contributed by atoms with Gasteiger partial charge in [-0.25, -0.2) is 5.43 Å². The van der Waals surface area contributed by atoms with Gasteiger partial charge in [0.25, 0.3) is 5.91 Å². The van der Waals surface area contributed by atoms with Crippen LogP contribution in [-0.4, -0.2) is 18.7 Å². The molecule has 0 aliphatic rings. The number of aryl methyl sites for hydroxylation is 1. The molecule has 3 aromatic rings. The van der Waals surface area contributed by atoms with Gasteiger partial charge in [-0.1, -0.05) is 45.8 Å². The van der Waals surface area contributed by atoms with Crippen molar-refractivity contribution in [2.45, 2.75) is 20.5 Å². The van der Waals surface area contributed by atoms with Crippen molar-refractivity contribution in [3.05, 3.63) is 91.0 Å². The van der Waals surface area contributed by atoms with Crippen molar-refractivity contribution in [1.29, 1.82) is 0 Å². The third-order valence-corrected chi connectivity index (χ3v) is 5.62. The number of hydrogen-bond donors (Lipinski definition) is 1. The fourth-order valence-corrected chi connectivity index (χ4v) is 3.86. The first-order valence-corrected chi connectivity index (χ1v) is 11.6. The summed E-state index contributed by atoms with van der Waals surface area (Å²) in [5, 5.41) is 4.09. The van der Waals surface area contributed by atoms with E-state index in [1.807, 2.05) is 68.4 Å². The summed E-state index contributed by atoms with van der Waals surface area (Å²) in [4.78, 5) is 12.2. The lowest BCUT2D eigenvalue weighted by molar-refractivity contribution is 0.0955. The highest BCUT2D eigenvalue weighted by atomic mass is 127. The van der Waals surface area contributed by atoms with Crippen molar-refractivity contribution in [2.75, 3.05) is 6.61 Å². The van der Waals surface area contributed by atoms with Gasteiger partial charge in [-0.3, -0.25) is 4.79 Å². The Labute approximate surface area is 204 Å². The summed E-state index contributed by atoms with van der Waals surface area (Å²) in [7, 11) is 0. The number of halogens is 2. The minimum atomic E-state index is -0.255. The van der Waals surface area contributed by atoms with Gasteiger partial charge in [0.05, 0.1) is 16.4 Å².